The Morgan fingerprint density at radius 2 is 1.83 bits per heavy atom. The van der Waals surface area contributed by atoms with E-state index >= 15 is 0 Å². The molecule has 3 heterocycles. The van der Waals surface area contributed by atoms with Crippen molar-refractivity contribution in [3.8, 4) is 11.5 Å². The molecule has 2 aliphatic rings. The Morgan fingerprint density at radius 3 is 2.67 bits per heavy atom. The average molecular weight is 422 g/mol. The molecule has 0 atom stereocenters. The molecule has 7 heteroatoms. The van der Waals surface area contributed by atoms with Crippen LogP contribution in [0.15, 0.2) is 48.5 Å². The van der Waals surface area contributed by atoms with Crippen molar-refractivity contribution in [1.29, 1.82) is 0 Å². The predicted molar refractivity (Wildman–Crippen MR) is 118 cm³/mol. The minimum absolute atomic E-state index is 0.0459. The maximum atomic E-state index is 12.6. The summed E-state index contributed by atoms with van der Waals surface area (Å²) in [6.45, 7) is 5.16. The lowest BCUT2D eigenvalue weighted by atomic mass is 10.1. The maximum absolute atomic E-state index is 12.6. The second-order valence-corrected chi connectivity index (χ2v) is 8.53. The van der Waals surface area contributed by atoms with Gasteiger partial charge in [-0.15, -0.1) is 11.3 Å². The third-order valence-corrected chi connectivity index (χ3v) is 6.39. The van der Waals surface area contributed by atoms with E-state index in [0.717, 1.165) is 60.3 Å². The van der Waals surface area contributed by atoms with Gasteiger partial charge in [-0.2, -0.15) is 0 Å². The standard InChI is InChI=1S/C23H23N3O3S/c27-23(8-6-17-5-7-19-20(15-17)29-14-13-28-19)26-11-9-25(10-12-26)16-22-24-18-3-1-2-4-21(18)30-22/h1-8,15H,9-14,16H2/b8-6+. The fraction of sp³-hybridized carbons (Fsp3) is 0.304. The monoisotopic (exact) mass is 421 g/mol. The van der Waals surface area contributed by atoms with Gasteiger partial charge in [-0.05, 0) is 35.9 Å². The van der Waals surface area contributed by atoms with E-state index in [0.29, 0.717) is 13.2 Å². The number of carbonyl (C=O) groups excluding carboxylic acids is 1. The molecular weight excluding hydrogens is 398 g/mol. The number of aromatic nitrogens is 1. The van der Waals surface area contributed by atoms with Gasteiger partial charge in [0.1, 0.15) is 18.2 Å². The summed E-state index contributed by atoms with van der Waals surface area (Å²) in [5, 5.41) is 1.13. The van der Waals surface area contributed by atoms with Crippen molar-refractivity contribution >= 4 is 33.5 Å². The zero-order valence-electron chi connectivity index (χ0n) is 16.6. The number of fused-ring (bicyclic) bond motifs is 2. The van der Waals surface area contributed by atoms with Crippen LogP contribution in [0.5, 0.6) is 11.5 Å². The number of thiazole rings is 1. The van der Waals surface area contributed by atoms with Crippen LogP contribution >= 0.6 is 11.3 Å². The van der Waals surface area contributed by atoms with Crippen LogP contribution < -0.4 is 9.47 Å². The van der Waals surface area contributed by atoms with E-state index < -0.39 is 0 Å². The van der Waals surface area contributed by atoms with E-state index in [1.165, 1.54) is 4.70 Å². The highest BCUT2D eigenvalue weighted by Crippen LogP contribution is 2.31. The molecule has 0 radical (unpaired) electrons. The molecule has 154 valence electrons. The third-order valence-electron chi connectivity index (χ3n) is 5.37. The molecule has 1 fully saturated rings. The van der Waals surface area contributed by atoms with Crippen LogP contribution in [0, 0.1) is 0 Å². The zero-order chi connectivity index (χ0) is 20.3. The summed E-state index contributed by atoms with van der Waals surface area (Å²) in [6.07, 6.45) is 3.49. The van der Waals surface area contributed by atoms with Gasteiger partial charge in [0.15, 0.2) is 11.5 Å². The number of piperazine rings is 1. The van der Waals surface area contributed by atoms with Crippen LogP contribution in [0.25, 0.3) is 16.3 Å². The van der Waals surface area contributed by atoms with Gasteiger partial charge < -0.3 is 14.4 Å². The number of hydrogen-bond donors (Lipinski definition) is 0. The molecule has 0 spiro atoms. The summed E-state index contributed by atoms with van der Waals surface area (Å²) in [7, 11) is 0. The van der Waals surface area contributed by atoms with Crippen molar-refractivity contribution in [2.75, 3.05) is 39.4 Å². The first kappa shape index (κ1) is 19.1. The molecule has 0 N–H and O–H groups in total. The highest BCUT2D eigenvalue weighted by Gasteiger charge is 2.20. The number of rotatable bonds is 4. The van der Waals surface area contributed by atoms with Crippen LogP contribution in [-0.4, -0.2) is 60.1 Å². The normalized spacial score (nSPS) is 17.0. The first-order chi connectivity index (χ1) is 14.7. The number of ether oxygens (including phenoxy) is 2. The predicted octanol–water partition coefficient (Wildman–Crippen LogP) is 3.43. The van der Waals surface area contributed by atoms with Gasteiger partial charge in [0.25, 0.3) is 0 Å². The molecule has 0 unspecified atom stereocenters. The number of nitrogens with zero attached hydrogens (tertiary/aromatic N) is 3. The van der Waals surface area contributed by atoms with Crippen molar-refractivity contribution < 1.29 is 14.3 Å². The second-order valence-electron chi connectivity index (χ2n) is 7.41. The van der Waals surface area contributed by atoms with Gasteiger partial charge in [0, 0.05) is 32.3 Å². The topological polar surface area (TPSA) is 54.9 Å². The van der Waals surface area contributed by atoms with E-state index in [1.54, 1.807) is 17.4 Å². The minimum atomic E-state index is 0.0459. The Kier molecular flexibility index (Phi) is 5.38. The molecule has 2 aromatic carbocycles. The summed E-state index contributed by atoms with van der Waals surface area (Å²) in [5.41, 5.74) is 2.00. The van der Waals surface area contributed by atoms with Crippen molar-refractivity contribution in [3.05, 3.63) is 59.1 Å². The minimum Gasteiger partial charge on any atom is -0.486 e. The molecule has 0 bridgehead atoms. The molecule has 0 saturated carbocycles. The third kappa shape index (κ3) is 4.17. The van der Waals surface area contributed by atoms with Crippen LogP contribution in [0.1, 0.15) is 10.6 Å². The molecule has 5 rings (SSSR count). The van der Waals surface area contributed by atoms with E-state index in [-0.39, 0.29) is 5.91 Å². The fourth-order valence-corrected chi connectivity index (χ4v) is 4.75. The van der Waals surface area contributed by atoms with Gasteiger partial charge in [0.2, 0.25) is 5.91 Å². The molecule has 2 aliphatic heterocycles. The SMILES string of the molecule is O=C(/C=C/c1ccc2c(c1)OCCO2)N1CCN(Cc2nc3ccccc3s2)CC1. The van der Waals surface area contributed by atoms with Crippen molar-refractivity contribution in [1.82, 2.24) is 14.8 Å². The van der Waals surface area contributed by atoms with E-state index in [9.17, 15) is 4.79 Å². The van der Waals surface area contributed by atoms with Crippen LogP contribution in [0.4, 0.5) is 0 Å². The van der Waals surface area contributed by atoms with E-state index in [4.69, 9.17) is 14.5 Å². The number of para-hydroxylation sites is 1. The van der Waals surface area contributed by atoms with Crippen LogP contribution in [0.2, 0.25) is 0 Å². The number of benzene rings is 2. The van der Waals surface area contributed by atoms with Crippen LogP contribution in [-0.2, 0) is 11.3 Å². The summed E-state index contributed by atoms with van der Waals surface area (Å²) in [5.74, 6) is 1.54. The Balaban J connectivity index is 1.15. The highest BCUT2D eigenvalue weighted by molar-refractivity contribution is 7.18. The summed E-state index contributed by atoms with van der Waals surface area (Å²) >= 11 is 1.75. The number of amides is 1. The Hall–Kier alpha value is -2.90. The van der Waals surface area contributed by atoms with Crippen molar-refractivity contribution in [3.63, 3.8) is 0 Å². The second kappa shape index (κ2) is 8.45. The highest BCUT2D eigenvalue weighted by atomic mass is 32.1. The Morgan fingerprint density at radius 1 is 1.03 bits per heavy atom. The van der Waals surface area contributed by atoms with E-state index in [1.807, 2.05) is 41.3 Å². The van der Waals surface area contributed by atoms with Gasteiger partial charge in [-0.1, -0.05) is 18.2 Å². The molecular formula is C23H23N3O3S. The first-order valence-electron chi connectivity index (χ1n) is 10.2. The Labute approximate surface area is 179 Å². The lowest BCUT2D eigenvalue weighted by molar-refractivity contribution is -0.127. The largest absolute Gasteiger partial charge is 0.486 e. The Bertz CT molecular complexity index is 1050. The lowest BCUT2D eigenvalue weighted by Crippen LogP contribution is -2.47. The fourth-order valence-electron chi connectivity index (χ4n) is 3.74. The molecule has 30 heavy (non-hydrogen) atoms. The van der Waals surface area contributed by atoms with Gasteiger partial charge in [-0.3, -0.25) is 9.69 Å². The first-order valence-corrected chi connectivity index (χ1v) is 11.0. The lowest BCUT2D eigenvalue weighted by Gasteiger charge is -2.33. The summed E-state index contributed by atoms with van der Waals surface area (Å²) in [6, 6.07) is 14.0. The average Bonchev–Trinajstić information content (AvgIpc) is 3.20. The molecule has 0 aliphatic carbocycles. The smallest absolute Gasteiger partial charge is 0.246 e. The van der Waals surface area contributed by atoms with Crippen molar-refractivity contribution in [2.24, 2.45) is 0 Å². The molecule has 3 aromatic rings. The number of hydrogen-bond acceptors (Lipinski definition) is 6. The zero-order valence-corrected chi connectivity index (χ0v) is 17.4. The molecule has 1 aromatic heterocycles. The van der Waals surface area contributed by atoms with Crippen molar-refractivity contribution in [2.45, 2.75) is 6.54 Å². The molecule has 1 amide bonds. The summed E-state index contributed by atoms with van der Waals surface area (Å²) < 4.78 is 12.4. The van der Waals surface area contributed by atoms with Gasteiger partial charge in [-0.25, -0.2) is 4.98 Å². The molecule has 6 nitrogen and oxygen atoms in total. The quantitative estimate of drug-likeness (QED) is 0.604. The maximum Gasteiger partial charge on any atom is 0.246 e. The molecule has 1 saturated heterocycles. The van der Waals surface area contributed by atoms with Gasteiger partial charge >= 0.3 is 0 Å². The number of carbonyl (C=O) groups is 1. The van der Waals surface area contributed by atoms with E-state index in [2.05, 4.69) is 17.0 Å². The van der Waals surface area contributed by atoms with Crippen LogP contribution in [0.3, 0.4) is 0 Å². The van der Waals surface area contributed by atoms with Gasteiger partial charge in [0.05, 0.1) is 16.8 Å². The summed E-state index contributed by atoms with van der Waals surface area (Å²) in [4.78, 5) is 21.6.